The van der Waals surface area contributed by atoms with Gasteiger partial charge in [0.2, 0.25) is 5.82 Å². The Bertz CT molecular complexity index is 584. The molecule has 0 aliphatic carbocycles. The van der Waals surface area contributed by atoms with Crippen molar-refractivity contribution in [3.63, 3.8) is 0 Å². The van der Waals surface area contributed by atoms with Gasteiger partial charge in [0.05, 0.1) is 4.92 Å². The van der Waals surface area contributed by atoms with Crippen molar-refractivity contribution in [2.75, 3.05) is 6.54 Å². The van der Waals surface area contributed by atoms with Crippen LogP contribution in [0.2, 0.25) is 0 Å². The molecule has 0 fully saturated rings. The topological polar surface area (TPSA) is 128 Å². The minimum atomic E-state index is -0.926. The maximum atomic E-state index is 10.7. The van der Waals surface area contributed by atoms with E-state index in [4.69, 9.17) is 10.3 Å². The fourth-order valence-electron chi connectivity index (χ4n) is 1.53. The van der Waals surface area contributed by atoms with Gasteiger partial charge in [0.1, 0.15) is 6.10 Å². The molecule has 3 N–H and O–H groups in total. The number of aromatic nitrogens is 2. The maximum absolute atomic E-state index is 10.7. The molecule has 0 aliphatic rings. The van der Waals surface area contributed by atoms with E-state index in [1.807, 2.05) is 0 Å². The van der Waals surface area contributed by atoms with Crippen LogP contribution in [-0.2, 0) is 0 Å². The van der Waals surface area contributed by atoms with E-state index in [0.717, 1.165) is 0 Å². The van der Waals surface area contributed by atoms with Gasteiger partial charge in [0, 0.05) is 17.7 Å². The first kappa shape index (κ1) is 13.1. The van der Waals surface area contributed by atoms with Gasteiger partial charge >= 0.3 is 0 Å². The predicted molar refractivity (Wildman–Crippen MR) is 65.0 cm³/mol. The molecule has 0 bridgehead atoms. The number of hydrogen-bond acceptors (Lipinski definition) is 7. The lowest BCUT2D eigenvalue weighted by atomic mass is 10.2. The molecular formula is C11H12N4O4. The summed E-state index contributed by atoms with van der Waals surface area (Å²) in [4.78, 5) is 14.2. The first-order valence-electron chi connectivity index (χ1n) is 5.58. The van der Waals surface area contributed by atoms with E-state index in [1.54, 1.807) is 6.07 Å². The third kappa shape index (κ3) is 2.92. The summed E-state index contributed by atoms with van der Waals surface area (Å²) in [7, 11) is 0. The number of nitro groups is 1. The SMILES string of the molecule is NCC[C@H](O)c1nc(-c2cccc([N+](=O)[O-])c2)no1. The number of hydrogen-bond donors (Lipinski definition) is 2. The average molecular weight is 264 g/mol. The van der Waals surface area contributed by atoms with Crippen LogP contribution in [0.25, 0.3) is 11.4 Å². The molecule has 0 spiro atoms. The Balaban J connectivity index is 2.27. The van der Waals surface area contributed by atoms with E-state index in [1.165, 1.54) is 18.2 Å². The predicted octanol–water partition coefficient (Wildman–Crippen LogP) is 1.03. The van der Waals surface area contributed by atoms with Crippen molar-refractivity contribution in [3.8, 4) is 11.4 Å². The molecule has 1 aromatic carbocycles. The van der Waals surface area contributed by atoms with Crippen molar-refractivity contribution in [2.24, 2.45) is 5.73 Å². The standard InChI is InChI=1S/C11H12N4O4/c12-5-4-9(16)11-13-10(14-19-11)7-2-1-3-8(6-7)15(17)18/h1-3,6,9,16H,4-5,12H2/t9-/m0/s1. The van der Waals surface area contributed by atoms with Crippen LogP contribution in [0.1, 0.15) is 18.4 Å². The monoisotopic (exact) mass is 264 g/mol. The number of aliphatic hydroxyl groups is 1. The fraction of sp³-hybridized carbons (Fsp3) is 0.273. The molecule has 0 aliphatic heterocycles. The summed E-state index contributed by atoms with van der Waals surface area (Å²) in [5.41, 5.74) is 5.70. The molecule has 8 heteroatoms. The Kier molecular flexibility index (Phi) is 3.83. The van der Waals surface area contributed by atoms with E-state index < -0.39 is 11.0 Å². The second-order valence-electron chi connectivity index (χ2n) is 3.86. The Labute approximate surface area is 108 Å². The summed E-state index contributed by atoms with van der Waals surface area (Å²) in [6, 6.07) is 5.86. The first-order chi connectivity index (χ1) is 9.11. The van der Waals surface area contributed by atoms with Crippen molar-refractivity contribution in [1.82, 2.24) is 10.1 Å². The molecule has 1 atom stereocenters. The molecule has 1 heterocycles. The molecule has 0 radical (unpaired) electrons. The summed E-state index contributed by atoms with van der Waals surface area (Å²) >= 11 is 0. The molecule has 0 amide bonds. The average Bonchev–Trinajstić information content (AvgIpc) is 2.89. The summed E-state index contributed by atoms with van der Waals surface area (Å²) in [6.07, 6.45) is -0.624. The van der Waals surface area contributed by atoms with Crippen LogP contribution in [0.4, 0.5) is 5.69 Å². The van der Waals surface area contributed by atoms with Crippen LogP contribution in [0, 0.1) is 10.1 Å². The minimum Gasteiger partial charge on any atom is -0.383 e. The van der Waals surface area contributed by atoms with Gasteiger partial charge in [-0.25, -0.2) is 0 Å². The summed E-state index contributed by atoms with van der Waals surface area (Å²) in [5, 5.41) is 24.0. The van der Waals surface area contributed by atoms with Crippen molar-refractivity contribution >= 4 is 5.69 Å². The van der Waals surface area contributed by atoms with Crippen molar-refractivity contribution in [3.05, 3.63) is 40.3 Å². The third-order valence-electron chi connectivity index (χ3n) is 2.48. The van der Waals surface area contributed by atoms with Gasteiger partial charge in [0.15, 0.2) is 0 Å². The van der Waals surface area contributed by atoms with Crippen LogP contribution in [0.15, 0.2) is 28.8 Å². The highest BCUT2D eigenvalue weighted by Gasteiger charge is 2.17. The van der Waals surface area contributed by atoms with Crippen LogP contribution in [-0.4, -0.2) is 26.7 Å². The largest absolute Gasteiger partial charge is 0.383 e. The Morgan fingerprint density at radius 2 is 2.32 bits per heavy atom. The van der Waals surface area contributed by atoms with Crippen LogP contribution >= 0.6 is 0 Å². The van der Waals surface area contributed by atoms with E-state index in [0.29, 0.717) is 12.0 Å². The molecule has 100 valence electrons. The van der Waals surface area contributed by atoms with E-state index >= 15 is 0 Å². The Hall–Kier alpha value is -2.32. The third-order valence-corrected chi connectivity index (χ3v) is 2.48. The van der Waals surface area contributed by atoms with Crippen LogP contribution < -0.4 is 5.73 Å². The van der Waals surface area contributed by atoms with Crippen molar-refractivity contribution in [2.45, 2.75) is 12.5 Å². The number of aliphatic hydroxyl groups excluding tert-OH is 1. The molecule has 0 unspecified atom stereocenters. The quantitative estimate of drug-likeness (QED) is 0.609. The minimum absolute atomic E-state index is 0.0481. The number of nitrogens with two attached hydrogens (primary N) is 1. The van der Waals surface area contributed by atoms with Crippen molar-refractivity contribution < 1.29 is 14.6 Å². The van der Waals surface area contributed by atoms with Gasteiger partial charge in [-0.2, -0.15) is 4.98 Å². The lowest BCUT2D eigenvalue weighted by Crippen LogP contribution is -2.06. The molecule has 0 saturated heterocycles. The molecule has 19 heavy (non-hydrogen) atoms. The van der Waals surface area contributed by atoms with Gasteiger partial charge in [-0.1, -0.05) is 17.3 Å². The summed E-state index contributed by atoms with van der Waals surface area (Å²) in [6.45, 7) is 0.287. The van der Waals surface area contributed by atoms with Crippen molar-refractivity contribution in [1.29, 1.82) is 0 Å². The number of nitro benzene ring substituents is 1. The zero-order chi connectivity index (χ0) is 13.8. The van der Waals surface area contributed by atoms with Gasteiger partial charge in [0.25, 0.3) is 11.6 Å². The first-order valence-corrected chi connectivity index (χ1v) is 5.58. The van der Waals surface area contributed by atoms with E-state index in [2.05, 4.69) is 10.1 Å². The normalized spacial score (nSPS) is 12.3. The maximum Gasteiger partial charge on any atom is 0.270 e. The number of rotatable bonds is 5. The number of non-ortho nitro benzene ring substituents is 1. The highest BCUT2D eigenvalue weighted by molar-refractivity contribution is 5.58. The fourth-order valence-corrected chi connectivity index (χ4v) is 1.53. The second-order valence-corrected chi connectivity index (χ2v) is 3.86. The zero-order valence-electron chi connectivity index (χ0n) is 9.89. The molecule has 2 rings (SSSR count). The number of benzene rings is 1. The smallest absolute Gasteiger partial charge is 0.270 e. The van der Waals surface area contributed by atoms with Gasteiger partial charge in [-0.15, -0.1) is 0 Å². The molecule has 0 saturated carbocycles. The Morgan fingerprint density at radius 1 is 1.53 bits per heavy atom. The molecular weight excluding hydrogens is 252 g/mol. The number of nitrogens with zero attached hydrogens (tertiary/aromatic N) is 3. The highest BCUT2D eigenvalue weighted by atomic mass is 16.6. The lowest BCUT2D eigenvalue weighted by molar-refractivity contribution is -0.384. The highest BCUT2D eigenvalue weighted by Crippen LogP contribution is 2.23. The zero-order valence-corrected chi connectivity index (χ0v) is 9.89. The molecule has 1 aromatic heterocycles. The summed E-state index contributed by atoms with van der Waals surface area (Å²) in [5.74, 6) is 0.238. The second kappa shape index (κ2) is 5.55. The van der Waals surface area contributed by atoms with E-state index in [9.17, 15) is 15.2 Å². The Morgan fingerprint density at radius 3 is 3.00 bits per heavy atom. The summed E-state index contributed by atoms with van der Waals surface area (Å²) < 4.78 is 4.90. The lowest BCUT2D eigenvalue weighted by Gasteiger charge is -2.00. The van der Waals surface area contributed by atoms with Gasteiger partial charge in [-0.3, -0.25) is 10.1 Å². The molecule has 8 nitrogen and oxygen atoms in total. The van der Waals surface area contributed by atoms with Crippen LogP contribution in [0.3, 0.4) is 0 Å². The van der Waals surface area contributed by atoms with E-state index in [-0.39, 0.29) is 23.9 Å². The molecule has 2 aromatic rings. The van der Waals surface area contributed by atoms with Crippen LogP contribution in [0.5, 0.6) is 0 Å². The van der Waals surface area contributed by atoms with Gasteiger partial charge in [-0.05, 0) is 13.0 Å². The van der Waals surface area contributed by atoms with Gasteiger partial charge < -0.3 is 15.4 Å².